The molecule has 2 aromatic carbocycles. The van der Waals surface area contributed by atoms with E-state index in [4.69, 9.17) is 4.74 Å². The van der Waals surface area contributed by atoms with E-state index in [0.29, 0.717) is 24.3 Å². The van der Waals surface area contributed by atoms with Crippen molar-refractivity contribution in [2.24, 2.45) is 0 Å². The number of rotatable bonds is 4. The lowest BCUT2D eigenvalue weighted by atomic mass is 10.2. The summed E-state index contributed by atoms with van der Waals surface area (Å²) in [7, 11) is 0. The lowest BCUT2D eigenvalue weighted by Crippen LogP contribution is -2.24. The largest absolute Gasteiger partial charge is 0.423 e. The Bertz CT molecular complexity index is 938. The van der Waals surface area contributed by atoms with Crippen LogP contribution in [0.1, 0.15) is 23.2 Å². The van der Waals surface area contributed by atoms with Gasteiger partial charge in [-0.3, -0.25) is 4.79 Å². The molecule has 1 aromatic heterocycles. The first-order valence-corrected chi connectivity index (χ1v) is 8.17. The normalized spacial score (nSPS) is 13.8. The maximum absolute atomic E-state index is 12.4. The van der Waals surface area contributed by atoms with E-state index in [9.17, 15) is 9.59 Å². The summed E-state index contributed by atoms with van der Waals surface area (Å²) in [5.41, 5.74) is 1.87. The van der Waals surface area contributed by atoms with Crippen LogP contribution in [-0.4, -0.2) is 38.6 Å². The summed E-state index contributed by atoms with van der Waals surface area (Å²) in [6.07, 6.45) is 2.86. The molecule has 1 aliphatic heterocycles. The average molecular weight is 349 g/mol. The molecule has 0 unspecified atom stereocenters. The van der Waals surface area contributed by atoms with E-state index in [1.807, 2.05) is 6.07 Å². The van der Waals surface area contributed by atoms with Gasteiger partial charge in [0, 0.05) is 18.7 Å². The summed E-state index contributed by atoms with van der Waals surface area (Å²) in [6, 6.07) is 13.8. The van der Waals surface area contributed by atoms with Crippen LogP contribution in [-0.2, 0) is 4.79 Å². The van der Waals surface area contributed by atoms with Gasteiger partial charge in [0.1, 0.15) is 12.1 Å². The van der Waals surface area contributed by atoms with Gasteiger partial charge < -0.3 is 9.64 Å². The van der Waals surface area contributed by atoms with Gasteiger partial charge in [0.15, 0.2) is 0 Å². The molecular formula is C18H15N5O3. The molecule has 0 bridgehead atoms. The molecule has 0 spiro atoms. The Kier molecular flexibility index (Phi) is 4.14. The highest BCUT2D eigenvalue weighted by Crippen LogP contribution is 2.23. The molecule has 1 saturated heterocycles. The monoisotopic (exact) mass is 349 g/mol. The molecule has 2 heterocycles. The van der Waals surface area contributed by atoms with E-state index in [-0.39, 0.29) is 5.91 Å². The van der Waals surface area contributed by atoms with Crippen LogP contribution in [0.2, 0.25) is 0 Å². The van der Waals surface area contributed by atoms with Gasteiger partial charge >= 0.3 is 5.97 Å². The van der Waals surface area contributed by atoms with Gasteiger partial charge in [-0.1, -0.05) is 6.07 Å². The Labute approximate surface area is 149 Å². The van der Waals surface area contributed by atoms with E-state index in [1.165, 1.54) is 11.0 Å². The van der Waals surface area contributed by atoms with Crippen molar-refractivity contribution in [1.82, 2.24) is 20.2 Å². The van der Waals surface area contributed by atoms with Crippen molar-refractivity contribution in [1.29, 1.82) is 0 Å². The van der Waals surface area contributed by atoms with Crippen molar-refractivity contribution in [2.75, 3.05) is 11.4 Å². The topological polar surface area (TPSA) is 90.2 Å². The number of ether oxygens (including phenoxy) is 1. The molecule has 0 radical (unpaired) electrons. The van der Waals surface area contributed by atoms with Crippen LogP contribution < -0.4 is 9.64 Å². The Hall–Kier alpha value is -3.55. The van der Waals surface area contributed by atoms with E-state index >= 15 is 0 Å². The van der Waals surface area contributed by atoms with Crippen LogP contribution in [0.25, 0.3) is 5.69 Å². The zero-order valence-electron chi connectivity index (χ0n) is 13.8. The van der Waals surface area contributed by atoms with Crippen molar-refractivity contribution >= 4 is 17.6 Å². The summed E-state index contributed by atoms with van der Waals surface area (Å²) in [4.78, 5) is 26.0. The van der Waals surface area contributed by atoms with E-state index < -0.39 is 5.97 Å². The minimum atomic E-state index is -0.478. The number of hydrogen-bond acceptors (Lipinski definition) is 6. The maximum Gasteiger partial charge on any atom is 0.343 e. The lowest BCUT2D eigenvalue weighted by Gasteiger charge is -2.16. The SMILES string of the molecule is O=C(Oc1ccc(-n2cnnn2)cc1)c1cccc(N2CCCC2=O)c1. The van der Waals surface area contributed by atoms with Crippen molar-refractivity contribution in [2.45, 2.75) is 12.8 Å². The quantitative estimate of drug-likeness (QED) is 0.529. The average Bonchev–Trinajstić information content (AvgIpc) is 3.34. The molecule has 0 saturated carbocycles. The summed E-state index contributed by atoms with van der Waals surface area (Å²) < 4.78 is 6.92. The molecular weight excluding hydrogens is 334 g/mol. The number of hydrogen-bond donors (Lipinski definition) is 0. The molecule has 0 N–H and O–H groups in total. The Morgan fingerprint density at radius 2 is 1.92 bits per heavy atom. The second kappa shape index (κ2) is 6.75. The second-order valence-corrected chi connectivity index (χ2v) is 5.84. The van der Waals surface area contributed by atoms with Crippen molar-refractivity contribution in [3.05, 3.63) is 60.4 Å². The third kappa shape index (κ3) is 3.16. The molecule has 0 aliphatic carbocycles. The first-order chi connectivity index (χ1) is 12.7. The predicted octanol–water partition coefficient (Wildman–Crippen LogP) is 2.01. The Balaban J connectivity index is 1.49. The third-order valence-corrected chi connectivity index (χ3v) is 4.13. The Morgan fingerprint density at radius 1 is 1.08 bits per heavy atom. The van der Waals surface area contributed by atoms with Gasteiger partial charge in [-0.25, -0.2) is 9.48 Å². The molecule has 4 rings (SSSR count). The minimum absolute atomic E-state index is 0.0775. The third-order valence-electron chi connectivity index (χ3n) is 4.13. The standard InChI is InChI=1S/C18H15N5O3/c24-17-5-2-10-22(17)15-4-1-3-13(11-15)18(25)26-16-8-6-14(7-9-16)23-12-19-20-21-23/h1,3-4,6-9,11-12H,2,5,10H2. The first kappa shape index (κ1) is 15.9. The number of esters is 1. The van der Waals surface area contributed by atoms with E-state index in [2.05, 4.69) is 15.5 Å². The zero-order valence-corrected chi connectivity index (χ0v) is 13.8. The molecule has 26 heavy (non-hydrogen) atoms. The van der Waals surface area contributed by atoms with E-state index in [1.54, 1.807) is 47.4 Å². The van der Waals surface area contributed by atoms with Crippen molar-refractivity contribution < 1.29 is 14.3 Å². The summed E-state index contributed by atoms with van der Waals surface area (Å²) in [5, 5.41) is 10.9. The van der Waals surface area contributed by atoms with Gasteiger partial charge in [0.05, 0.1) is 11.3 Å². The number of tetrazole rings is 1. The predicted molar refractivity (Wildman–Crippen MR) is 92.1 cm³/mol. The molecule has 0 atom stereocenters. The summed E-state index contributed by atoms with van der Waals surface area (Å²) in [6.45, 7) is 0.677. The van der Waals surface area contributed by atoms with Gasteiger partial charge in [-0.15, -0.1) is 5.10 Å². The summed E-state index contributed by atoms with van der Waals surface area (Å²) in [5.74, 6) is 0.0110. The number of carbonyl (C=O) groups excluding carboxylic acids is 2. The fraction of sp³-hybridized carbons (Fsp3) is 0.167. The molecule has 8 heteroatoms. The number of benzene rings is 2. The molecule has 3 aromatic rings. The van der Waals surface area contributed by atoms with Crippen LogP contribution in [0, 0.1) is 0 Å². The highest BCUT2D eigenvalue weighted by atomic mass is 16.5. The summed E-state index contributed by atoms with van der Waals surface area (Å²) >= 11 is 0. The maximum atomic E-state index is 12.4. The Morgan fingerprint density at radius 3 is 2.62 bits per heavy atom. The number of aromatic nitrogens is 4. The van der Waals surface area contributed by atoms with E-state index in [0.717, 1.165) is 17.8 Å². The van der Waals surface area contributed by atoms with Gasteiger partial charge in [-0.05, 0) is 59.3 Å². The minimum Gasteiger partial charge on any atom is -0.423 e. The zero-order chi connectivity index (χ0) is 17.9. The van der Waals surface area contributed by atoms with Gasteiger partial charge in [0.25, 0.3) is 0 Å². The van der Waals surface area contributed by atoms with Crippen LogP contribution in [0.5, 0.6) is 5.75 Å². The molecule has 1 fully saturated rings. The van der Waals surface area contributed by atoms with Gasteiger partial charge in [-0.2, -0.15) is 0 Å². The molecule has 8 nitrogen and oxygen atoms in total. The van der Waals surface area contributed by atoms with Crippen LogP contribution >= 0.6 is 0 Å². The fourth-order valence-electron chi connectivity index (χ4n) is 2.83. The fourth-order valence-corrected chi connectivity index (χ4v) is 2.83. The highest BCUT2D eigenvalue weighted by molar-refractivity contribution is 5.97. The molecule has 1 aliphatic rings. The smallest absolute Gasteiger partial charge is 0.343 e. The number of nitrogens with zero attached hydrogens (tertiary/aromatic N) is 5. The second-order valence-electron chi connectivity index (χ2n) is 5.84. The van der Waals surface area contributed by atoms with Crippen molar-refractivity contribution in [3.63, 3.8) is 0 Å². The lowest BCUT2D eigenvalue weighted by molar-refractivity contribution is -0.117. The van der Waals surface area contributed by atoms with Crippen LogP contribution in [0.3, 0.4) is 0 Å². The highest BCUT2D eigenvalue weighted by Gasteiger charge is 2.22. The molecule has 130 valence electrons. The number of anilines is 1. The van der Waals surface area contributed by atoms with Crippen molar-refractivity contribution in [3.8, 4) is 11.4 Å². The first-order valence-electron chi connectivity index (χ1n) is 8.17. The number of carbonyl (C=O) groups is 2. The van der Waals surface area contributed by atoms with Gasteiger partial charge in [0.2, 0.25) is 5.91 Å². The van der Waals surface area contributed by atoms with Crippen LogP contribution in [0.15, 0.2) is 54.9 Å². The molecule has 1 amide bonds. The van der Waals surface area contributed by atoms with Crippen LogP contribution in [0.4, 0.5) is 5.69 Å². The number of amides is 1.